The zero-order chi connectivity index (χ0) is 13.8. The number of nitrogens with zero attached hydrogens (tertiary/aromatic N) is 2. The van der Waals surface area contributed by atoms with Crippen LogP contribution in [0.25, 0.3) is 10.9 Å². The van der Waals surface area contributed by atoms with Crippen molar-refractivity contribution >= 4 is 10.9 Å². The highest BCUT2D eigenvalue weighted by Crippen LogP contribution is 2.26. The van der Waals surface area contributed by atoms with Gasteiger partial charge in [-0.1, -0.05) is 24.3 Å². The fourth-order valence-electron chi connectivity index (χ4n) is 2.70. The molecule has 2 aromatic heterocycles. The molecular weight excluding hydrogens is 246 g/mol. The van der Waals surface area contributed by atoms with E-state index in [1.54, 1.807) is 0 Å². The maximum absolute atomic E-state index is 4.27. The molecule has 0 saturated carbocycles. The molecule has 102 valence electrons. The number of pyridine rings is 1. The van der Waals surface area contributed by atoms with Crippen molar-refractivity contribution < 1.29 is 0 Å². The van der Waals surface area contributed by atoms with Gasteiger partial charge in [-0.2, -0.15) is 0 Å². The van der Waals surface area contributed by atoms with Gasteiger partial charge in [-0.25, -0.2) is 0 Å². The number of nitrogens with one attached hydrogen (secondary N) is 1. The van der Waals surface area contributed by atoms with E-state index >= 15 is 0 Å². The van der Waals surface area contributed by atoms with Crippen LogP contribution in [0.15, 0.2) is 61.1 Å². The summed E-state index contributed by atoms with van der Waals surface area (Å²) >= 11 is 0. The van der Waals surface area contributed by atoms with Gasteiger partial charge in [0, 0.05) is 24.1 Å². The first-order valence-electron chi connectivity index (χ1n) is 7.00. The minimum absolute atomic E-state index is 0.316. The van der Waals surface area contributed by atoms with Crippen molar-refractivity contribution in [2.75, 3.05) is 13.6 Å². The van der Waals surface area contributed by atoms with Crippen molar-refractivity contribution in [3.05, 3.63) is 66.6 Å². The van der Waals surface area contributed by atoms with Gasteiger partial charge in [0.2, 0.25) is 0 Å². The standard InChI is InChI=1S/C17H19N3/c1-18-11-8-17(15-6-4-10-19-13-15)20-12-9-14-5-2-3-7-16(14)20/h2-7,9-10,12-13,17-18H,8,11H2,1H3. The van der Waals surface area contributed by atoms with Crippen LogP contribution in [0, 0.1) is 0 Å². The Hall–Kier alpha value is -2.13. The maximum Gasteiger partial charge on any atom is 0.0613 e. The monoisotopic (exact) mass is 265 g/mol. The first-order valence-corrected chi connectivity index (χ1v) is 7.00. The summed E-state index contributed by atoms with van der Waals surface area (Å²) in [4.78, 5) is 4.27. The molecule has 0 aliphatic heterocycles. The van der Waals surface area contributed by atoms with Crippen molar-refractivity contribution in [2.45, 2.75) is 12.5 Å². The van der Waals surface area contributed by atoms with Gasteiger partial charge in [-0.15, -0.1) is 0 Å². The van der Waals surface area contributed by atoms with Crippen LogP contribution in [0.2, 0.25) is 0 Å². The normalized spacial score (nSPS) is 12.7. The van der Waals surface area contributed by atoms with Gasteiger partial charge < -0.3 is 9.88 Å². The number of fused-ring (bicyclic) bond motifs is 1. The molecule has 3 nitrogen and oxygen atoms in total. The Kier molecular flexibility index (Phi) is 3.79. The average Bonchev–Trinajstić information content (AvgIpc) is 2.93. The minimum atomic E-state index is 0.316. The number of hydrogen-bond donors (Lipinski definition) is 1. The molecule has 1 N–H and O–H groups in total. The Labute approximate surface area is 119 Å². The zero-order valence-electron chi connectivity index (χ0n) is 11.7. The molecule has 0 amide bonds. The number of rotatable bonds is 5. The second-order valence-corrected chi connectivity index (χ2v) is 4.98. The van der Waals surface area contributed by atoms with Crippen molar-refractivity contribution in [3.63, 3.8) is 0 Å². The van der Waals surface area contributed by atoms with E-state index in [1.807, 2.05) is 25.5 Å². The highest BCUT2D eigenvalue weighted by Gasteiger charge is 2.15. The molecule has 3 rings (SSSR count). The predicted octanol–water partition coefficient (Wildman–Crippen LogP) is 3.24. The Morgan fingerprint density at radius 3 is 2.85 bits per heavy atom. The lowest BCUT2D eigenvalue weighted by atomic mass is 10.1. The lowest BCUT2D eigenvalue weighted by molar-refractivity contribution is 0.538. The summed E-state index contributed by atoms with van der Waals surface area (Å²) in [5.41, 5.74) is 2.53. The average molecular weight is 265 g/mol. The fourth-order valence-corrected chi connectivity index (χ4v) is 2.70. The van der Waals surface area contributed by atoms with Crippen molar-refractivity contribution in [3.8, 4) is 0 Å². The van der Waals surface area contributed by atoms with Crippen LogP contribution in [0.4, 0.5) is 0 Å². The first-order chi connectivity index (χ1) is 9.90. The van der Waals surface area contributed by atoms with E-state index in [0.717, 1.165) is 13.0 Å². The van der Waals surface area contributed by atoms with Crippen LogP contribution in [-0.2, 0) is 0 Å². The Bertz CT molecular complexity index is 673. The molecule has 2 heterocycles. The van der Waals surface area contributed by atoms with Gasteiger partial charge in [-0.3, -0.25) is 4.98 Å². The van der Waals surface area contributed by atoms with Gasteiger partial charge in [0.15, 0.2) is 0 Å². The Morgan fingerprint density at radius 2 is 2.05 bits per heavy atom. The van der Waals surface area contributed by atoms with Crippen LogP contribution < -0.4 is 5.32 Å². The Morgan fingerprint density at radius 1 is 1.15 bits per heavy atom. The first kappa shape index (κ1) is 12.9. The van der Waals surface area contributed by atoms with Crippen LogP contribution in [0.5, 0.6) is 0 Å². The quantitative estimate of drug-likeness (QED) is 0.767. The Balaban J connectivity index is 2.05. The molecular formula is C17H19N3. The molecule has 3 heteroatoms. The van der Waals surface area contributed by atoms with E-state index in [9.17, 15) is 0 Å². The summed E-state index contributed by atoms with van der Waals surface area (Å²) in [6.07, 6.45) is 7.01. The van der Waals surface area contributed by atoms with Crippen LogP contribution in [0.1, 0.15) is 18.0 Å². The van der Waals surface area contributed by atoms with Crippen molar-refractivity contribution in [1.29, 1.82) is 0 Å². The number of hydrogen-bond acceptors (Lipinski definition) is 2. The molecule has 0 saturated heterocycles. The van der Waals surface area contributed by atoms with Gasteiger partial charge in [-0.05, 0) is 49.2 Å². The third-order valence-electron chi connectivity index (χ3n) is 3.70. The van der Waals surface area contributed by atoms with E-state index < -0.39 is 0 Å². The third kappa shape index (κ3) is 2.45. The van der Waals surface area contributed by atoms with E-state index in [1.165, 1.54) is 16.5 Å². The van der Waals surface area contributed by atoms with Crippen molar-refractivity contribution in [1.82, 2.24) is 14.9 Å². The molecule has 3 aromatic rings. The largest absolute Gasteiger partial charge is 0.340 e. The van der Waals surface area contributed by atoms with Crippen LogP contribution in [-0.4, -0.2) is 23.1 Å². The second kappa shape index (κ2) is 5.88. The molecule has 1 atom stereocenters. The topological polar surface area (TPSA) is 29.9 Å². The number of aromatic nitrogens is 2. The molecule has 1 unspecified atom stereocenters. The number of benzene rings is 1. The fraction of sp³-hybridized carbons (Fsp3) is 0.235. The number of para-hydroxylation sites is 1. The molecule has 20 heavy (non-hydrogen) atoms. The van der Waals surface area contributed by atoms with E-state index in [-0.39, 0.29) is 0 Å². The SMILES string of the molecule is CNCCC(c1cccnc1)n1ccc2ccccc21. The summed E-state index contributed by atoms with van der Waals surface area (Å²) in [6.45, 7) is 0.978. The van der Waals surface area contributed by atoms with E-state index in [2.05, 4.69) is 57.5 Å². The molecule has 1 aromatic carbocycles. The van der Waals surface area contributed by atoms with Gasteiger partial charge >= 0.3 is 0 Å². The van der Waals surface area contributed by atoms with Crippen molar-refractivity contribution in [2.24, 2.45) is 0 Å². The predicted molar refractivity (Wildman–Crippen MR) is 82.9 cm³/mol. The lowest BCUT2D eigenvalue weighted by Gasteiger charge is -2.20. The third-order valence-corrected chi connectivity index (χ3v) is 3.70. The molecule has 0 aliphatic rings. The molecule has 0 bridgehead atoms. The van der Waals surface area contributed by atoms with Gasteiger partial charge in [0.25, 0.3) is 0 Å². The minimum Gasteiger partial charge on any atom is -0.340 e. The van der Waals surface area contributed by atoms with E-state index in [4.69, 9.17) is 0 Å². The highest BCUT2D eigenvalue weighted by atomic mass is 15.0. The summed E-state index contributed by atoms with van der Waals surface area (Å²) in [7, 11) is 1.99. The molecule has 0 fully saturated rings. The van der Waals surface area contributed by atoms with Gasteiger partial charge in [0.1, 0.15) is 0 Å². The summed E-state index contributed by atoms with van der Waals surface area (Å²) in [6, 6.07) is 15.2. The summed E-state index contributed by atoms with van der Waals surface area (Å²) < 4.78 is 2.35. The summed E-state index contributed by atoms with van der Waals surface area (Å²) in [5, 5.41) is 4.53. The second-order valence-electron chi connectivity index (χ2n) is 4.98. The smallest absolute Gasteiger partial charge is 0.0613 e. The lowest BCUT2D eigenvalue weighted by Crippen LogP contribution is -2.17. The maximum atomic E-state index is 4.27. The van der Waals surface area contributed by atoms with Crippen LogP contribution >= 0.6 is 0 Å². The molecule has 0 aliphatic carbocycles. The highest BCUT2D eigenvalue weighted by molar-refractivity contribution is 5.80. The van der Waals surface area contributed by atoms with E-state index in [0.29, 0.717) is 6.04 Å². The van der Waals surface area contributed by atoms with Crippen LogP contribution in [0.3, 0.4) is 0 Å². The zero-order valence-corrected chi connectivity index (χ0v) is 11.7. The molecule has 0 spiro atoms. The van der Waals surface area contributed by atoms with Gasteiger partial charge in [0.05, 0.1) is 6.04 Å². The molecule has 0 radical (unpaired) electrons. The summed E-state index contributed by atoms with van der Waals surface area (Å²) in [5.74, 6) is 0.